The number of ether oxygens (including phenoxy) is 1. The van der Waals surface area contributed by atoms with Crippen LogP contribution in [-0.2, 0) is 4.74 Å². The predicted molar refractivity (Wildman–Crippen MR) is 79.9 cm³/mol. The zero-order valence-corrected chi connectivity index (χ0v) is 11.9. The molecule has 0 unspecified atom stereocenters. The van der Waals surface area contributed by atoms with E-state index < -0.39 is 0 Å². The number of aryl methyl sites for hydroxylation is 2. The first kappa shape index (κ1) is 13.3. The Morgan fingerprint density at radius 3 is 2.32 bits per heavy atom. The fourth-order valence-corrected chi connectivity index (χ4v) is 2.27. The number of methoxy groups -OCH3 is 1. The van der Waals surface area contributed by atoms with E-state index in [-0.39, 0.29) is 0 Å². The van der Waals surface area contributed by atoms with Crippen LogP contribution in [0, 0.1) is 20.8 Å². The second-order valence-electron chi connectivity index (χ2n) is 4.78. The Morgan fingerprint density at radius 2 is 1.74 bits per heavy atom. The van der Waals surface area contributed by atoms with Crippen LogP contribution in [-0.4, -0.2) is 12.1 Å². The zero-order valence-electron chi connectivity index (χ0n) is 11.9. The van der Waals surface area contributed by atoms with Crippen molar-refractivity contribution >= 4 is 5.76 Å². The van der Waals surface area contributed by atoms with Crippen molar-refractivity contribution < 1.29 is 4.74 Å². The van der Waals surface area contributed by atoms with Crippen LogP contribution in [0.4, 0.5) is 0 Å². The number of rotatable bonds is 3. The molecule has 0 atom stereocenters. The fourth-order valence-electron chi connectivity index (χ4n) is 2.27. The van der Waals surface area contributed by atoms with Crippen molar-refractivity contribution in [2.45, 2.75) is 20.8 Å². The Kier molecular flexibility index (Phi) is 3.70. The summed E-state index contributed by atoms with van der Waals surface area (Å²) in [6.07, 6.45) is 1.88. The summed E-state index contributed by atoms with van der Waals surface area (Å²) in [4.78, 5) is 4.56. The van der Waals surface area contributed by atoms with Gasteiger partial charge in [0.15, 0.2) is 0 Å². The van der Waals surface area contributed by atoms with E-state index in [1.165, 1.54) is 5.56 Å². The summed E-state index contributed by atoms with van der Waals surface area (Å²) < 4.78 is 5.29. The van der Waals surface area contributed by atoms with Crippen LogP contribution < -0.4 is 0 Å². The highest BCUT2D eigenvalue weighted by Crippen LogP contribution is 2.29. The van der Waals surface area contributed by atoms with Gasteiger partial charge in [-0.05, 0) is 31.9 Å². The summed E-state index contributed by atoms with van der Waals surface area (Å²) in [5.74, 6) is 0.686. The van der Waals surface area contributed by atoms with E-state index in [4.69, 9.17) is 4.74 Å². The normalized spacial score (nSPS) is 10.3. The van der Waals surface area contributed by atoms with Gasteiger partial charge in [-0.15, -0.1) is 0 Å². The lowest BCUT2D eigenvalue weighted by Gasteiger charge is -2.15. The highest BCUT2D eigenvalue weighted by molar-refractivity contribution is 5.73. The van der Waals surface area contributed by atoms with Crippen molar-refractivity contribution in [1.29, 1.82) is 0 Å². The number of hydrogen-bond donors (Lipinski definition) is 0. The minimum absolute atomic E-state index is 0.686. The lowest BCUT2D eigenvalue weighted by molar-refractivity contribution is 0.371. The summed E-state index contributed by atoms with van der Waals surface area (Å²) in [5.41, 5.74) is 6.59. The van der Waals surface area contributed by atoms with Gasteiger partial charge < -0.3 is 4.74 Å². The van der Waals surface area contributed by atoms with E-state index in [1.54, 1.807) is 7.11 Å². The summed E-state index contributed by atoms with van der Waals surface area (Å²) in [7, 11) is 1.65. The molecule has 2 aromatic rings. The molecular weight excluding hydrogens is 234 g/mol. The molecule has 0 saturated heterocycles. The monoisotopic (exact) mass is 253 g/mol. The first-order valence-corrected chi connectivity index (χ1v) is 6.31. The molecule has 0 aliphatic carbocycles. The summed E-state index contributed by atoms with van der Waals surface area (Å²) >= 11 is 0. The Balaban J connectivity index is 2.60. The molecule has 0 aliphatic heterocycles. The first-order chi connectivity index (χ1) is 9.04. The van der Waals surface area contributed by atoms with Crippen LogP contribution in [0.25, 0.3) is 17.0 Å². The minimum atomic E-state index is 0.686. The van der Waals surface area contributed by atoms with Crippen molar-refractivity contribution in [3.05, 3.63) is 59.3 Å². The fraction of sp³-hybridized carbons (Fsp3) is 0.235. The molecule has 2 rings (SSSR count). The number of pyridine rings is 1. The van der Waals surface area contributed by atoms with Gasteiger partial charge in [-0.2, -0.15) is 0 Å². The molecule has 0 N–H and O–H groups in total. The standard InChI is InChI=1S/C17H19NO/c1-11-6-8-15(9-7-11)17-13(3)16(14(4)19-5)12(2)10-18-17/h6-10H,4H2,1-3,5H3. The van der Waals surface area contributed by atoms with Gasteiger partial charge in [-0.1, -0.05) is 36.4 Å². The highest BCUT2D eigenvalue weighted by Gasteiger charge is 2.13. The molecule has 19 heavy (non-hydrogen) atoms. The van der Waals surface area contributed by atoms with Gasteiger partial charge in [0, 0.05) is 17.3 Å². The van der Waals surface area contributed by atoms with Crippen LogP contribution >= 0.6 is 0 Å². The van der Waals surface area contributed by atoms with Crippen LogP contribution in [0.3, 0.4) is 0 Å². The van der Waals surface area contributed by atoms with Crippen LogP contribution in [0.15, 0.2) is 37.0 Å². The predicted octanol–water partition coefficient (Wildman–Crippen LogP) is 4.29. The number of hydrogen-bond acceptors (Lipinski definition) is 2. The van der Waals surface area contributed by atoms with Gasteiger partial charge in [0.05, 0.1) is 12.8 Å². The van der Waals surface area contributed by atoms with E-state index in [0.717, 1.165) is 27.9 Å². The van der Waals surface area contributed by atoms with E-state index in [2.05, 4.69) is 49.7 Å². The maximum absolute atomic E-state index is 5.29. The largest absolute Gasteiger partial charge is 0.497 e. The van der Waals surface area contributed by atoms with Crippen LogP contribution in [0.2, 0.25) is 0 Å². The molecule has 0 fully saturated rings. The van der Waals surface area contributed by atoms with Gasteiger partial charge in [0.2, 0.25) is 0 Å². The Bertz CT molecular complexity index is 612. The van der Waals surface area contributed by atoms with E-state index in [0.29, 0.717) is 5.76 Å². The maximum Gasteiger partial charge on any atom is 0.119 e. The zero-order chi connectivity index (χ0) is 14.0. The van der Waals surface area contributed by atoms with Crippen LogP contribution in [0.5, 0.6) is 0 Å². The van der Waals surface area contributed by atoms with Crippen molar-refractivity contribution in [2.24, 2.45) is 0 Å². The summed E-state index contributed by atoms with van der Waals surface area (Å²) in [6, 6.07) is 8.39. The van der Waals surface area contributed by atoms with E-state index >= 15 is 0 Å². The quantitative estimate of drug-likeness (QED) is 0.761. The average Bonchev–Trinajstić information content (AvgIpc) is 2.40. The molecule has 0 spiro atoms. The third kappa shape index (κ3) is 2.53. The van der Waals surface area contributed by atoms with Gasteiger partial charge in [0.1, 0.15) is 5.76 Å². The average molecular weight is 253 g/mol. The number of benzene rings is 1. The van der Waals surface area contributed by atoms with Crippen molar-refractivity contribution in [2.75, 3.05) is 7.11 Å². The molecule has 0 amide bonds. The summed E-state index contributed by atoms with van der Waals surface area (Å²) in [6.45, 7) is 10.1. The molecule has 0 saturated carbocycles. The lowest BCUT2D eigenvalue weighted by Crippen LogP contribution is -1.99. The molecule has 0 aliphatic rings. The topological polar surface area (TPSA) is 22.1 Å². The smallest absolute Gasteiger partial charge is 0.119 e. The van der Waals surface area contributed by atoms with E-state index in [9.17, 15) is 0 Å². The maximum atomic E-state index is 5.29. The molecule has 1 aromatic carbocycles. The third-order valence-corrected chi connectivity index (χ3v) is 3.36. The molecule has 2 nitrogen and oxygen atoms in total. The third-order valence-electron chi connectivity index (χ3n) is 3.36. The molecule has 2 heteroatoms. The summed E-state index contributed by atoms with van der Waals surface area (Å²) in [5, 5.41) is 0. The molecule has 0 radical (unpaired) electrons. The van der Waals surface area contributed by atoms with Gasteiger partial charge in [-0.25, -0.2) is 0 Å². The second kappa shape index (κ2) is 5.27. The Morgan fingerprint density at radius 1 is 1.11 bits per heavy atom. The molecular formula is C17H19NO. The molecule has 98 valence electrons. The van der Waals surface area contributed by atoms with Gasteiger partial charge >= 0.3 is 0 Å². The van der Waals surface area contributed by atoms with Gasteiger partial charge in [-0.3, -0.25) is 4.98 Å². The number of nitrogens with zero attached hydrogens (tertiary/aromatic N) is 1. The van der Waals surface area contributed by atoms with Crippen molar-refractivity contribution in [1.82, 2.24) is 4.98 Å². The van der Waals surface area contributed by atoms with Crippen molar-refractivity contribution in [3.8, 4) is 11.3 Å². The first-order valence-electron chi connectivity index (χ1n) is 6.31. The highest BCUT2D eigenvalue weighted by atomic mass is 16.5. The minimum Gasteiger partial charge on any atom is -0.497 e. The van der Waals surface area contributed by atoms with Crippen LogP contribution in [0.1, 0.15) is 22.3 Å². The molecule has 1 heterocycles. The van der Waals surface area contributed by atoms with Crippen molar-refractivity contribution in [3.63, 3.8) is 0 Å². The molecule has 0 bridgehead atoms. The Labute approximate surface area is 114 Å². The SMILES string of the molecule is C=C(OC)c1c(C)cnc(-c2ccc(C)cc2)c1C. The number of aromatic nitrogens is 1. The van der Waals surface area contributed by atoms with E-state index in [1.807, 2.05) is 13.1 Å². The second-order valence-corrected chi connectivity index (χ2v) is 4.78. The molecule has 1 aromatic heterocycles. The lowest BCUT2D eigenvalue weighted by atomic mass is 9.97. The Hall–Kier alpha value is -2.09. The van der Waals surface area contributed by atoms with Gasteiger partial charge in [0.25, 0.3) is 0 Å².